The van der Waals surface area contributed by atoms with Crippen LogP contribution in [0.4, 0.5) is 0 Å². The van der Waals surface area contributed by atoms with E-state index in [9.17, 15) is 4.57 Å². The molecule has 0 aliphatic carbocycles. The van der Waals surface area contributed by atoms with E-state index >= 15 is 0 Å². The summed E-state index contributed by atoms with van der Waals surface area (Å²) in [4.78, 5) is 17.8. The Morgan fingerprint density at radius 3 is 1.52 bits per heavy atom. The van der Waals surface area contributed by atoms with Crippen molar-refractivity contribution in [1.29, 1.82) is 0 Å². The fourth-order valence-corrected chi connectivity index (χ4v) is 3.58. The molecule has 0 aliphatic rings. The van der Waals surface area contributed by atoms with Gasteiger partial charge in [-0.25, -0.2) is 4.57 Å². The highest BCUT2D eigenvalue weighted by molar-refractivity contribution is 7.46. The van der Waals surface area contributed by atoms with Crippen molar-refractivity contribution in [3.05, 3.63) is 0 Å². The van der Waals surface area contributed by atoms with Crippen LogP contribution in [-0.2, 0) is 9.09 Å². The summed E-state index contributed by atoms with van der Waals surface area (Å²) in [6.45, 7) is 4.26. The summed E-state index contributed by atoms with van der Waals surface area (Å²) >= 11 is 0. The fourth-order valence-electron chi connectivity index (χ4n) is 2.98. The minimum atomic E-state index is -4.34. The smallest absolute Gasteiger partial charge is 0.303 e. The highest BCUT2D eigenvalue weighted by Gasteiger charge is 2.21. The molecule has 0 aromatic rings. The molecule has 0 fully saturated rings. The van der Waals surface area contributed by atoms with Crippen LogP contribution >= 0.6 is 7.82 Å². The Bertz CT molecular complexity index is 291. The summed E-state index contributed by atoms with van der Waals surface area (Å²) in [7, 11) is -4.34. The molecule has 0 heterocycles. The molecule has 0 aromatic carbocycles. The van der Waals surface area contributed by atoms with E-state index in [1.165, 1.54) is 64.2 Å². The molecule has 2 N–H and O–H groups in total. The first-order valence-corrected chi connectivity index (χ1v) is 11.3. The van der Waals surface area contributed by atoms with Gasteiger partial charge >= 0.3 is 7.82 Å². The summed E-state index contributed by atoms with van der Waals surface area (Å²) in [5.41, 5.74) is 0. The molecule has 23 heavy (non-hydrogen) atoms. The normalized spacial score (nSPS) is 13.4. The lowest BCUT2D eigenvalue weighted by molar-refractivity contribution is 0.117. The number of hydrogen-bond acceptors (Lipinski definition) is 2. The van der Waals surface area contributed by atoms with E-state index in [4.69, 9.17) is 14.3 Å². The predicted molar refractivity (Wildman–Crippen MR) is 97.5 cm³/mol. The van der Waals surface area contributed by atoms with E-state index in [0.29, 0.717) is 0 Å². The third-order valence-electron chi connectivity index (χ3n) is 4.28. The number of phosphoric acid groups is 1. The maximum absolute atomic E-state index is 10.9. The molecule has 0 rings (SSSR count). The molecule has 5 heteroatoms. The fraction of sp³-hybridized carbons (Fsp3) is 1.00. The quantitative estimate of drug-likeness (QED) is 0.237. The lowest BCUT2D eigenvalue weighted by Crippen LogP contribution is -2.11. The van der Waals surface area contributed by atoms with Gasteiger partial charge in [0.15, 0.2) is 0 Å². The van der Waals surface area contributed by atoms with Gasteiger partial charge in [0, 0.05) is 0 Å². The second-order valence-corrected chi connectivity index (χ2v) is 7.88. The Morgan fingerprint density at radius 2 is 1.13 bits per heavy atom. The molecule has 0 spiro atoms. The molecule has 1 unspecified atom stereocenters. The summed E-state index contributed by atoms with van der Waals surface area (Å²) in [6.07, 6.45) is 17.7. The third-order valence-corrected chi connectivity index (χ3v) is 4.85. The van der Waals surface area contributed by atoms with Crippen LogP contribution in [-0.4, -0.2) is 15.9 Å². The summed E-state index contributed by atoms with van der Waals surface area (Å²) < 4.78 is 15.8. The summed E-state index contributed by atoms with van der Waals surface area (Å²) in [6, 6.07) is 0. The Morgan fingerprint density at radius 1 is 0.696 bits per heavy atom. The van der Waals surface area contributed by atoms with Crippen LogP contribution in [0.25, 0.3) is 0 Å². The van der Waals surface area contributed by atoms with Crippen molar-refractivity contribution < 1.29 is 18.9 Å². The van der Waals surface area contributed by atoms with Crippen molar-refractivity contribution in [2.75, 3.05) is 0 Å². The average Bonchev–Trinajstić information content (AvgIpc) is 2.47. The summed E-state index contributed by atoms with van der Waals surface area (Å²) in [5, 5.41) is 0. The lowest BCUT2D eigenvalue weighted by atomic mass is 10.0. The Hall–Kier alpha value is 0.110. The van der Waals surface area contributed by atoms with Gasteiger partial charge in [-0.2, -0.15) is 0 Å². The molecule has 0 aliphatic heterocycles. The van der Waals surface area contributed by atoms with Crippen molar-refractivity contribution in [2.45, 2.75) is 116 Å². The van der Waals surface area contributed by atoms with Gasteiger partial charge < -0.3 is 9.79 Å². The van der Waals surface area contributed by atoms with Gasteiger partial charge in [0.2, 0.25) is 0 Å². The number of unbranched alkanes of at least 4 members (excludes halogenated alkanes) is 11. The maximum Gasteiger partial charge on any atom is 0.469 e. The van der Waals surface area contributed by atoms with E-state index in [-0.39, 0.29) is 6.10 Å². The molecule has 0 bridgehead atoms. The predicted octanol–water partition coefficient (Wildman–Crippen LogP) is 6.36. The van der Waals surface area contributed by atoms with Gasteiger partial charge in [-0.15, -0.1) is 0 Å². The first kappa shape index (κ1) is 23.1. The van der Waals surface area contributed by atoms with Crippen molar-refractivity contribution in [3.8, 4) is 0 Å². The first-order chi connectivity index (χ1) is 11.0. The number of hydrogen-bond donors (Lipinski definition) is 2. The average molecular weight is 350 g/mol. The van der Waals surface area contributed by atoms with E-state index in [2.05, 4.69) is 6.92 Å². The van der Waals surface area contributed by atoms with Crippen LogP contribution in [0.5, 0.6) is 0 Å². The van der Waals surface area contributed by atoms with Gasteiger partial charge in [-0.3, -0.25) is 4.52 Å². The molecule has 0 aromatic heterocycles. The van der Waals surface area contributed by atoms with Crippen LogP contribution in [0.3, 0.4) is 0 Å². The topological polar surface area (TPSA) is 66.8 Å². The van der Waals surface area contributed by atoms with E-state index in [0.717, 1.165) is 32.1 Å². The van der Waals surface area contributed by atoms with Crippen LogP contribution in [0, 0.1) is 0 Å². The lowest BCUT2D eigenvalue weighted by Gasteiger charge is -2.17. The minimum absolute atomic E-state index is 0.288. The van der Waals surface area contributed by atoms with Crippen molar-refractivity contribution in [1.82, 2.24) is 0 Å². The van der Waals surface area contributed by atoms with E-state index < -0.39 is 7.82 Å². The number of phosphoric ester groups is 1. The molecule has 0 saturated heterocycles. The van der Waals surface area contributed by atoms with Crippen molar-refractivity contribution in [3.63, 3.8) is 0 Å². The molecule has 1 atom stereocenters. The minimum Gasteiger partial charge on any atom is -0.303 e. The van der Waals surface area contributed by atoms with Crippen LogP contribution < -0.4 is 0 Å². The molecule has 0 amide bonds. The summed E-state index contributed by atoms with van der Waals surface area (Å²) in [5.74, 6) is 0. The van der Waals surface area contributed by atoms with Gasteiger partial charge in [0.25, 0.3) is 0 Å². The largest absolute Gasteiger partial charge is 0.469 e. The second kappa shape index (κ2) is 15.6. The molecule has 0 radical (unpaired) electrons. The molecule has 0 saturated carbocycles. The van der Waals surface area contributed by atoms with Gasteiger partial charge in [0.05, 0.1) is 6.10 Å². The third kappa shape index (κ3) is 18.3. The van der Waals surface area contributed by atoms with Crippen molar-refractivity contribution >= 4 is 7.82 Å². The van der Waals surface area contributed by atoms with E-state index in [1.807, 2.05) is 6.92 Å². The zero-order valence-electron chi connectivity index (χ0n) is 15.3. The zero-order valence-corrected chi connectivity index (χ0v) is 16.2. The van der Waals surface area contributed by atoms with Crippen LogP contribution in [0.2, 0.25) is 0 Å². The molecular weight excluding hydrogens is 311 g/mol. The van der Waals surface area contributed by atoms with Crippen LogP contribution in [0.15, 0.2) is 0 Å². The molecular formula is C18H39O4P. The highest BCUT2D eigenvalue weighted by atomic mass is 31.2. The standard InChI is InChI=1S/C18H39O4P/c1-3-5-6-7-8-9-10-11-12-13-14-15-17-18(16-4-2)22-23(19,20)21/h18H,3-17H2,1-2H3,(H2,19,20,21). The first-order valence-electron chi connectivity index (χ1n) is 9.73. The van der Waals surface area contributed by atoms with Crippen molar-refractivity contribution in [2.24, 2.45) is 0 Å². The van der Waals surface area contributed by atoms with Gasteiger partial charge in [0.1, 0.15) is 0 Å². The second-order valence-electron chi connectivity index (χ2n) is 6.68. The van der Waals surface area contributed by atoms with Crippen LogP contribution in [0.1, 0.15) is 110 Å². The zero-order chi connectivity index (χ0) is 17.4. The maximum atomic E-state index is 10.9. The Kier molecular flexibility index (Phi) is 15.7. The number of rotatable bonds is 17. The van der Waals surface area contributed by atoms with E-state index in [1.54, 1.807) is 0 Å². The van der Waals surface area contributed by atoms with Gasteiger partial charge in [-0.1, -0.05) is 97.3 Å². The molecule has 140 valence electrons. The highest BCUT2D eigenvalue weighted by Crippen LogP contribution is 2.39. The molecule has 4 nitrogen and oxygen atoms in total. The SMILES string of the molecule is CCCCCCCCCCCCCCC(CCC)OP(=O)(O)O. The monoisotopic (exact) mass is 350 g/mol. The Labute approximate surface area is 143 Å². The Balaban J connectivity index is 3.41. The van der Waals surface area contributed by atoms with Gasteiger partial charge in [-0.05, 0) is 12.8 Å².